The van der Waals surface area contributed by atoms with Gasteiger partial charge in [-0.15, -0.1) is 0 Å². The average Bonchev–Trinajstić information content (AvgIpc) is 2.85. The van der Waals surface area contributed by atoms with Crippen LogP contribution in [0, 0.1) is 11.8 Å². The van der Waals surface area contributed by atoms with E-state index in [2.05, 4.69) is 0 Å². The highest BCUT2D eigenvalue weighted by atomic mass is 16.5. The second kappa shape index (κ2) is 6.69. The minimum atomic E-state index is 0.174. The Morgan fingerprint density at radius 1 is 1.10 bits per heavy atom. The standard InChI is InChI=1S/C17H22O3/c1-12(18)10-14-4-3-5-15(14)11-17(19)13-6-8-16(20-2)9-7-13/h6-9,14-15H,3-5,10-11H2,1-2H3/t14-,15-/m0/s1. The lowest BCUT2D eigenvalue weighted by Gasteiger charge is -2.17. The van der Waals surface area contributed by atoms with Crippen LogP contribution in [0.15, 0.2) is 24.3 Å². The Balaban J connectivity index is 1.97. The van der Waals surface area contributed by atoms with E-state index in [1.807, 2.05) is 24.3 Å². The molecule has 2 atom stereocenters. The molecular weight excluding hydrogens is 252 g/mol. The molecule has 108 valence electrons. The second-order valence-electron chi connectivity index (χ2n) is 5.71. The number of ketones is 2. The lowest BCUT2D eigenvalue weighted by molar-refractivity contribution is -0.118. The van der Waals surface area contributed by atoms with Gasteiger partial charge in [0.1, 0.15) is 11.5 Å². The van der Waals surface area contributed by atoms with E-state index >= 15 is 0 Å². The van der Waals surface area contributed by atoms with Gasteiger partial charge >= 0.3 is 0 Å². The van der Waals surface area contributed by atoms with Gasteiger partial charge in [0.2, 0.25) is 0 Å². The van der Waals surface area contributed by atoms with Crippen LogP contribution < -0.4 is 4.74 Å². The summed E-state index contributed by atoms with van der Waals surface area (Å²) >= 11 is 0. The lowest BCUT2D eigenvalue weighted by Crippen LogP contribution is -2.15. The summed E-state index contributed by atoms with van der Waals surface area (Å²) in [5, 5.41) is 0. The zero-order chi connectivity index (χ0) is 14.5. The van der Waals surface area contributed by atoms with Gasteiger partial charge in [0, 0.05) is 18.4 Å². The molecule has 1 aromatic rings. The molecule has 2 rings (SSSR count). The summed E-state index contributed by atoms with van der Waals surface area (Å²) in [7, 11) is 1.61. The van der Waals surface area contributed by atoms with Crippen LogP contribution in [0.25, 0.3) is 0 Å². The summed E-state index contributed by atoms with van der Waals surface area (Å²) in [4.78, 5) is 23.6. The molecule has 0 saturated heterocycles. The van der Waals surface area contributed by atoms with Gasteiger partial charge in [-0.05, 0) is 55.9 Å². The topological polar surface area (TPSA) is 43.4 Å². The summed E-state index contributed by atoms with van der Waals surface area (Å²) < 4.78 is 5.09. The van der Waals surface area contributed by atoms with E-state index in [0.29, 0.717) is 24.7 Å². The van der Waals surface area contributed by atoms with Crippen LogP contribution in [0.3, 0.4) is 0 Å². The van der Waals surface area contributed by atoms with Crippen LogP contribution in [-0.4, -0.2) is 18.7 Å². The van der Waals surface area contributed by atoms with E-state index in [-0.39, 0.29) is 11.6 Å². The van der Waals surface area contributed by atoms with Gasteiger partial charge in [-0.1, -0.05) is 6.42 Å². The molecule has 0 aliphatic heterocycles. The van der Waals surface area contributed by atoms with E-state index < -0.39 is 0 Å². The monoisotopic (exact) mass is 274 g/mol. The molecule has 0 radical (unpaired) electrons. The molecule has 20 heavy (non-hydrogen) atoms. The fraction of sp³-hybridized carbons (Fsp3) is 0.529. The molecule has 0 unspecified atom stereocenters. The highest BCUT2D eigenvalue weighted by Gasteiger charge is 2.29. The summed E-state index contributed by atoms with van der Waals surface area (Å²) in [6.45, 7) is 1.64. The number of rotatable bonds is 6. The van der Waals surface area contributed by atoms with Crippen molar-refractivity contribution in [1.29, 1.82) is 0 Å². The maximum atomic E-state index is 12.3. The molecule has 1 fully saturated rings. The van der Waals surface area contributed by atoms with Crippen molar-refractivity contribution < 1.29 is 14.3 Å². The van der Waals surface area contributed by atoms with Crippen LogP contribution >= 0.6 is 0 Å². The number of Topliss-reactive ketones (excluding diaryl/α,β-unsaturated/α-hetero) is 2. The highest BCUT2D eigenvalue weighted by Crippen LogP contribution is 2.37. The normalized spacial score (nSPS) is 21.7. The van der Waals surface area contributed by atoms with Crippen molar-refractivity contribution in [2.45, 2.75) is 39.0 Å². The molecule has 3 nitrogen and oxygen atoms in total. The maximum absolute atomic E-state index is 12.3. The first-order valence-electron chi connectivity index (χ1n) is 7.27. The van der Waals surface area contributed by atoms with Crippen molar-refractivity contribution in [3.8, 4) is 5.75 Å². The molecule has 3 heteroatoms. The van der Waals surface area contributed by atoms with Crippen molar-refractivity contribution >= 4 is 11.6 Å². The largest absolute Gasteiger partial charge is 0.497 e. The zero-order valence-corrected chi connectivity index (χ0v) is 12.2. The van der Waals surface area contributed by atoms with Gasteiger partial charge in [-0.25, -0.2) is 0 Å². The average molecular weight is 274 g/mol. The van der Waals surface area contributed by atoms with Crippen LogP contribution in [0.5, 0.6) is 5.75 Å². The summed E-state index contributed by atoms with van der Waals surface area (Å²) in [6, 6.07) is 7.26. The second-order valence-corrected chi connectivity index (χ2v) is 5.71. The van der Waals surface area contributed by atoms with E-state index in [4.69, 9.17) is 4.74 Å². The van der Waals surface area contributed by atoms with Gasteiger partial charge in [0.15, 0.2) is 5.78 Å². The third-order valence-corrected chi connectivity index (χ3v) is 4.23. The van der Waals surface area contributed by atoms with Crippen LogP contribution in [0.4, 0.5) is 0 Å². The number of carbonyl (C=O) groups is 2. The summed E-state index contributed by atoms with van der Waals surface area (Å²) in [5.74, 6) is 1.94. The third-order valence-electron chi connectivity index (χ3n) is 4.23. The number of carbonyl (C=O) groups excluding carboxylic acids is 2. The smallest absolute Gasteiger partial charge is 0.163 e. The Morgan fingerprint density at radius 3 is 2.25 bits per heavy atom. The molecule has 0 spiro atoms. The highest BCUT2D eigenvalue weighted by molar-refractivity contribution is 5.96. The number of benzene rings is 1. The van der Waals surface area contributed by atoms with Crippen molar-refractivity contribution in [2.24, 2.45) is 11.8 Å². The predicted molar refractivity (Wildman–Crippen MR) is 78.1 cm³/mol. The predicted octanol–water partition coefficient (Wildman–Crippen LogP) is 3.66. The van der Waals surface area contributed by atoms with Gasteiger partial charge in [-0.3, -0.25) is 4.79 Å². The molecular formula is C17H22O3. The SMILES string of the molecule is COc1ccc(C(=O)C[C@@H]2CCC[C@H]2CC(C)=O)cc1. The fourth-order valence-corrected chi connectivity index (χ4v) is 3.15. The van der Waals surface area contributed by atoms with Gasteiger partial charge in [-0.2, -0.15) is 0 Å². The first-order chi connectivity index (χ1) is 9.60. The van der Waals surface area contributed by atoms with E-state index in [0.717, 1.165) is 30.6 Å². The molecule has 1 aliphatic rings. The Morgan fingerprint density at radius 2 is 1.70 bits per heavy atom. The van der Waals surface area contributed by atoms with Gasteiger partial charge < -0.3 is 9.53 Å². The van der Waals surface area contributed by atoms with Crippen LogP contribution in [-0.2, 0) is 4.79 Å². The molecule has 0 heterocycles. The van der Waals surface area contributed by atoms with Crippen LogP contribution in [0.2, 0.25) is 0 Å². The van der Waals surface area contributed by atoms with Gasteiger partial charge in [0.05, 0.1) is 7.11 Å². The van der Waals surface area contributed by atoms with E-state index in [9.17, 15) is 9.59 Å². The van der Waals surface area contributed by atoms with Crippen molar-refractivity contribution in [3.63, 3.8) is 0 Å². The minimum Gasteiger partial charge on any atom is -0.497 e. The van der Waals surface area contributed by atoms with Crippen molar-refractivity contribution in [2.75, 3.05) is 7.11 Å². The summed E-state index contributed by atoms with van der Waals surface area (Å²) in [5.41, 5.74) is 0.735. The molecule has 0 amide bonds. The fourth-order valence-electron chi connectivity index (χ4n) is 3.15. The lowest BCUT2D eigenvalue weighted by atomic mass is 9.86. The Bertz CT molecular complexity index is 476. The van der Waals surface area contributed by atoms with Crippen molar-refractivity contribution in [3.05, 3.63) is 29.8 Å². The van der Waals surface area contributed by atoms with E-state index in [1.54, 1.807) is 14.0 Å². The minimum absolute atomic E-state index is 0.174. The Hall–Kier alpha value is -1.64. The van der Waals surface area contributed by atoms with E-state index in [1.165, 1.54) is 0 Å². The molecule has 1 aliphatic carbocycles. The Labute approximate surface area is 120 Å². The number of hydrogen-bond donors (Lipinski definition) is 0. The van der Waals surface area contributed by atoms with Crippen molar-refractivity contribution in [1.82, 2.24) is 0 Å². The number of methoxy groups -OCH3 is 1. The molecule has 0 N–H and O–H groups in total. The third kappa shape index (κ3) is 3.69. The first-order valence-corrected chi connectivity index (χ1v) is 7.27. The molecule has 0 bridgehead atoms. The first kappa shape index (κ1) is 14.8. The molecule has 1 saturated carbocycles. The molecule has 1 aromatic carbocycles. The van der Waals surface area contributed by atoms with Crippen LogP contribution in [0.1, 0.15) is 49.4 Å². The zero-order valence-electron chi connectivity index (χ0n) is 12.2. The van der Waals surface area contributed by atoms with Gasteiger partial charge in [0.25, 0.3) is 0 Å². The summed E-state index contributed by atoms with van der Waals surface area (Å²) in [6.07, 6.45) is 4.48. The number of hydrogen-bond acceptors (Lipinski definition) is 3. The maximum Gasteiger partial charge on any atom is 0.163 e. The quantitative estimate of drug-likeness (QED) is 0.743. The molecule has 0 aromatic heterocycles. The number of ether oxygens (including phenoxy) is 1. The Kier molecular flexibility index (Phi) is 4.94.